The van der Waals surface area contributed by atoms with Gasteiger partial charge in [-0.25, -0.2) is 0 Å². The average Bonchev–Trinajstić information content (AvgIpc) is 2.65. The minimum atomic E-state index is 0.249. The van der Waals surface area contributed by atoms with Gasteiger partial charge < -0.3 is 20.4 Å². The van der Waals surface area contributed by atoms with E-state index < -0.39 is 0 Å². The molecule has 5 nitrogen and oxygen atoms in total. The number of aliphatic imine (C=N–C) groups is 1. The van der Waals surface area contributed by atoms with Crippen LogP contribution in [0.25, 0.3) is 0 Å². The molecule has 0 bridgehead atoms. The van der Waals surface area contributed by atoms with E-state index in [0.29, 0.717) is 6.04 Å². The number of rotatable bonds is 11. The Morgan fingerprint density at radius 2 is 1.78 bits per heavy atom. The molecule has 0 amide bonds. The first-order valence-electron chi connectivity index (χ1n) is 10.0. The van der Waals surface area contributed by atoms with Crippen molar-refractivity contribution in [3.8, 4) is 0 Å². The van der Waals surface area contributed by atoms with Gasteiger partial charge in [-0.1, -0.05) is 37.6 Å². The molecule has 0 radical (unpaired) electrons. The van der Waals surface area contributed by atoms with Gasteiger partial charge >= 0.3 is 0 Å². The molecule has 0 heterocycles. The third kappa shape index (κ3) is 8.96. The largest absolute Gasteiger partial charge is 0.354 e. The average molecular weight is 396 g/mol. The second-order valence-corrected chi connectivity index (χ2v) is 7.64. The molecule has 154 valence electrons. The predicted octanol–water partition coefficient (Wildman–Crippen LogP) is 3.62. The molecule has 2 unspecified atom stereocenters. The lowest BCUT2D eigenvalue weighted by molar-refractivity contribution is 0.291. The fourth-order valence-corrected chi connectivity index (χ4v) is 3.26. The summed E-state index contributed by atoms with van der Waals surface area (Å²) in [6.07, 6.45) is 2.32. The molecule has 0 aliphatic rings. The topological polar surface area (TPSA) is 42.9 Å². The monoisotopic (exact) mass is 395 g/mol. The normalized spacial score (nSPS) is 14.5. The van der Waals surface area contributed by atoms with Gasteiger partial charge in [0, 0.05) is 24.7 Å². The molecule has 0 aliphatic heterocycles. The van der Waals surface area contributed by atoms with Crippen LogP contribution >= 0.6 is 11.6 Å². The van der Waals surface area contributed by atoms with Crippen LogP contribution in [0.5, 0.6) is 0 Å². The Kier molecular flexibility index (Phi) is 11.4. The van der Waals surface area contributed by atoms with E-state index in [4.69, 9.17) is 11.6 Å². The third-order valence-corrected chi connectivity index (χ3v) is 5.21. The fraction of sp³-hybridized carbons (Fsp3) is 0.667. The van der Waals surface area contributed by atoms with Gasteiger partial charge in [-0.2, -0.15) is 0 Å². The van der Waals surface area contributed by atoms with Crippen molar-refractivity contribution in [2.75, 3.05) is 47.3 Å². The lowest BCUT2D eigenvalue weighted by Gasteiger charge is -2.27. The molecule has 0 fully saturated rings. The Balaban J connectivity index is 2.50. The van der Waals surface area contributed by atoms with E-state index in [9.17, 15) is 0 Å². The Bertz CT molecular complexity index is 540. The molecule has 0 aliphatic carbocycles. The minimum absolute atomic E-state index is 0.249. The van der Waals surface area contributed by atoms with Crippen LogP contribution in [0.1, 0.15) is 45.2 Å². The molecule has 0 saturated heterocycles. The van der Waals surface area contributed by atoms with Crippen molar-refractivity contribution in [3.63, 3.8) is 0 Å². The Hall–Kier alpha value is -1.30. The highest BCUT2D eigenvalue weighted by atomic mass is 35.5. The molecule has 0 spiro atoms. The van der Waals surface area contributed by atoms with Crippen molar-refractivity contribution in [2.45, 2.75) is 45.7 Å². The molecule has 0 aromatic heterocycles. The molecule has 1 aromatic rings. The van der Waals surface area contributed by atoms with E-state index in [1.165, 1.54) is 12.0 Å². The van der Waals surface area contributed by atoms with Crippen LogP contribution in [0.2, 0.25) is 5.02 Å². The van der Waals surface area contributed by atoms with Crippen LogP contribution in [-0.4, -0.2) is 69.1 Å². The first-order chi connectivity index (χ1) is 12.9. The number of nitrogens with zero attached hydrogens (tertiary/aromatic N) is 3. The second kappa shape index (κ2) is 13.0. The Morgan fingerprint density at radius 1 is 1.15 bits per heavy atom. The van der Waals surface area contributed by atoms with Gasteiger partial charge in [0.1, 0.15) is 0 Å². The molecule has 6 heteroatoms. The number of hydrogen-bond donors (Lipinski definition) is 2. The Labute approximate surface area is 171 Å². The summed E-state index contributed by atoms with van der Waals surface area (Å²) in [6.45, 7) is 10.8. The first kappa shape index (κ1) is 23.7. The maximum atomic E-state index is 6.02. The van der Waals surface area contributed by atoms with Crippen LogP contribution in [0.15, 0.2) is 29.3 Å². The van der Waals surface area contributed by atoms with E-state index in [0.717, 1.165) is 43.6 Å². The zero-order valence-corrected chi connectivity index (χ0v) is 18.7. The van der Waals surface area contributed by atoms with Crippen molar-refractivity contribution in [2.24, 2.45) is 4.99 Å². The van der Waals surface area contributed by atoms with Gasteiger partial charge in [0.25, 0.3) is 0 Å². The summed E-state index contributed by atoms with van der Waals surface area (Å²) in [5, 5.41) is 7.75. The van der Waals surface area contributed by atoms with E-state index in [1.54, 1.807) is 0 Å². The van der Waals surface area contributed by atoms with Crippen LogP contribution in [0.3, 0.4) is 0 Å². The summed E-state index contributed by atoms with van der Waals surface area (Å²) in [5.74, 6) is 0.853. The highest BCUT2D eigenvalue weighted by Crippen LogP contribution is 2.19. The molecule has 2 atom stereocenters. The van der Waals surface area contributed by atoms with Gasteiger partial charge in [-0.3, -0.25) is 4.99 Å². The molecule has 1 rings (SSSR count). The summed E-state index contributed by atoms with van der Waals surface area (Å²) in [7, 11) is 6.00. The number of nitrogens with one attached hydrogen (secondary N) is 2. The molecule has 27 heavy (non-hydrogen) atoms. The van der Waals surface area contributed by atoms with E-state index in [1.807, 2.05) is 19.2 Å². The standard InChI is InChI=1S/C21H38ClN5/c1-7-27(8-2)15-9-10-17(3)25-21(23-4)24-16-20(26(5)6)18-11-13-19(22)14-12-18/h11-14,17,20H,7-10,15-16H2,1-6H3,(H2,23,24,25). The zero-order chi connectivity index (χ0) is 20.2. The van der Waals surface area contributed by atoms with Gasteiger partial charge in [0.15, 0.2) is 5.96 Å². The van der Waals surface area contributed by atoms with Crippen LogP contribution in [0.4, 0.5) is 0 Å². The predicted molar refractivity (Wildman–Crippen MR) is 119 cm³/mol. The van der Waals surface area contributed by atoms with Crippen LogP contribution in [0, 0.1) is 0 Å². The van der Waals surface area contributed by atoms with E-state index >= 15 is 0 Å². The number of halogens is 1. The number of benzene rings is 1. The van der Waals surface area contributed by atoms with Crippen LogP contribution in [-0.2, 0) is 0 Å². The van der Waals surface area contributed by atoms with Crippen molar-refractivity contribution >= 4 is 17.6 Å². The fourth-order valence-electron chi connectivity index (χ4n) is 3.14. The summed E-state index contributed by atoms with van der Waals surface area (Å²) in [6, 6.07) is 8.69. The van der Waals surface area contributed by atoms with E-state index in [-0.39, 0.29) is 6.04 Å². The Morgan fingerprint density at radius 3 is 2.30 bits per heavy atom. The molecular weight excluding hydrogens is 358 g/mol. The zero-order valence-electron chi connectivity index (χ0n) is 17.9. The highest BCUT2D eigenvalue weighted by Gasteiger charge is 2.15. The molecule has 1 aromatic carbocycles. The van der Waals surface area contributed by atoms with Gasteiger partial charge in [0.05, 0.1) is 6.04 Å². The minimum Gasteiger partial charge on any atom is -0.354 e. The summed E-state index contributed by atoms with van der Waals surface area (Å²) in [5.41, 5.74) is 1.24. The van der Waals surface area contributed by atoms with Gasteiger partial charge in [-0.15, -0.1) is 0 Å². The molecule has 2 N–H and O–H groups in total. The number of hydrogen-bond acceptors (Lipinski definition) is 3. The summed E-state index contributed by atoms with van der Waals surface area (Å²) in [4.78, 5) is 9.06. The third-order valence-electron chi connectivity index (χ3n) is 4.95. The van der Waals surface area contributed by atoms with Crippen molar-refractivity contribution < 1.29 is 0 Å². The smallest absolute Gasteiger partial charge is 0.191 e. The maximum Gasteiger partial charge on any atom is 0.191 e. The van der Waals surface area contributed by atoms with Gasteiger partial charge in [-0.05, 0) is 71.2 Å². The van der Waals surface area contributed by atoms with Gasteiger partial charge in [0.2, 0.25) is 0 Å². The second-order valence-electron chi connectivity index (χ2n) is 7.20. The van der Waals surface area contributed by atoms with Crippen molar-refractivity contribution in [1.82, 2.24) is 20.4 Å². The summed E-state index contributed by atoms with van der Waals surface area (Å²) < 4.78 is 0. The maximum absolute atomic E-state index is 6.02. The lowest BCUT2D eigenvalue weighted by atomic mass is 10.1. The quantitative estimate of drug-likeness (QED) is 0.443. The van der Waals surface area contributed by atoms with Crippen LogP contribution < -0.4 is 10.6 Å². The number of likely N-dealkylation sites (N-methyl/N-ethyl adjacent to an activating group) is 1. The number of guanidine groups is 1. The van der Waals surface area contributed by atoms with E-state index in [2.05, 4.69) is 72.4 Å². The SMILES string of the molecule is CCN(CC)CCCC(C)NC(=NC)NCC(c1ccc(Cl)cc1)N(C)C. The highest BCUT2D eigenvalue weighted by molar-refractivity contribution is 6.30. The van der Waals surface area contributed by atoms with Crippen molar-refractivity contribution in [1.29, 1.82) is 0 Å². The first-order valence-corrected chi connectivity index (χ1v) is 10.4. The molecule has 0 saturated carbocycles. The summed E-state index contributed by atoms with van der Waals surface area (Å²) >= 11 is 6.02. The van der Waals surface area contributed by atoms with Crippen molar-refractivity contribution in [3.05, 3.63) is 34.9 Å². The molecular formula is C21H38ClN5. The lowest BCUT2D eigenvalue weighted by Crippen LogP contribution is -2.45.